The standard InChI is InChI=1S/C25H30N2.2CH3.Hf/c1-18(2)21-13-10-14-22(19(3)4)25(21)27-24-16-9-8-15-23(24)26-17-20-11-6-5-7-12-20;;;/h5-7,10-11,13-14,16,18-19H,8-9,15,17H2,1-4H3;2*1H3;/q-2;2*-1;. The Bertz CT molecular complexity index is 794. The quantitative estimate of drug-likeness (QED) is 0.248. The fourth-order valence-electron chi connectivity index (χ4n) is 3.50. The van der Waals surface area contributed by atoms with Crippen molar-refractivity contribution >= 4 is 11.4 Å². The molecule has 0 N–H and O–H groups in total. The summed E-state index contributed by atoms with van der Waals surface area (Å²) < 4.78 is 0. The van der Waals surface area contributed by atoms with Gasteiger partial charge in [-0.1, -0.05) is 63.1 Å². The minimum absolute atomic E-state index is 0. The predicted molar refractivity (Wildman–Crippen MR) is 129 cm³/mol. The van der Waals surface area contributed by atoms with Gasteiger partial charge < -0.3 is 20.2 Å². The molecule has 0 aliphatic heterocycles. The third-order valence-electron chi connectivity index (χ3n) is 5.04. The molecule has 2 nitrogen and oxygen atoms in total. The fourth-order valence-corrected chi connectivity index (χ4v) is 3.50. The first-order chi connectivity index (χ1) is 13.1. The molecule has 0 saturated carbocycles. The Morgan fingerprint density at radius 2 is 1.63 bits per heavy atom. The van der Waals surface area contributed by atoms with Gasteiger partial charge in [0.15, 0.2) is 0 Å². The monoisotopic (exact) mass is 568 g/mol. The van der Waals surface area contributed by atoms with Crippen LogP contribution in [0.4, 0.5) is 5.69 Å². The maximum absolute atomic E-state index is 5.17. The van der Waals surface area contributed by atoms with E-state index in [9.17, 15) is 0 Å². The number of hydrogen-bond donors (Lipinski definition) is 0. The van der Waals surface area contributed by atoms with Crippen LogP contribution in [-0.4, -0.2) is 5.71 Å². The van der Waals surface area contributed by atoms with E-state index >= 15 is 0 Å². The first kappa shape index (κ1) is 28.5. The molecule has 1 aliphatic rings. The van der Waals surface area contributed by atoms with Crippen molar-refractivity contribution in [1.82, 2.24) is 0 Å². The largest absolute Gasteiger partial charge is 0.656 e. The van der Waals surface area contributed by atoms with Gasteiger partial charge in [-0.2, -0.15) is 30.3 Å². The molecule has 0 unspecified atom stereocenters. The van der Waals surface area contributed by atoms with Crippen molar-refractivity contribution < 1.29 is 25.8 Å². The molecule has 0 atom stereocenters. The molecule has 0 heterocycles. The molecule has 3 heteroatoms. The normalized spacial score (nSPS) is 14.5. The van der Waals surface area contributed by atoms with Crippen LogP contribution in [0.1, 0.15) is 75.5 Å². The Hall–Kier alpha value is -1.48. The molecule has 30 heavy (non-hydrogen) atoms. The van der Waals surface area contributed by atoms with Crippen molar-refractivity contribution in [3.8, 4) is 0 Å². The van der Waals surface area contributed by atoms with E-state index in [1.165, 1.54) is 11.1 Å². The fraction of sp³-hybridized carbons (Fsp3) is 0.370. The molecule has 3 rings (SSSR count). The number of hydrogen-bond acceptors (Lipinski definition) is 1. The van der Waals surface area contributed by atoms with Crippen LogP contribution in [0.5, 0.6) is 0 Å². The van der Waals surface area contributed by atoms with Gasteiger partial charge in [0, 0.05) is 38.1 Å². The van der Waals surface area contributed by atoms with E-state index in [4.69, 9.17) is 10.3 Å². The maximum Gasteiger partial charge on any atom is 0.0418 e. The van der Waals surface area contributed by atoms with E-state index in [-0.39, 0.29) is 40.7 Å². The number of benzene rings is 2. The predicted octanol–water partition coefficient (Wildman–Crippen LogP) is 8.35. The van der Waals surface area contributed by atoms with Crippen molar-refractivity contribution in [3.63, 3.8) is 0 Å². The Kier molecular flexibility index (Phi) is 13.1. The molecule has 2 aromatic rings. The van der Waals surface area contributed by atoms with Gasteiger partial charge in [0.05, 0.1) is 0 Å². The van der Waals surface area contributed by atoms with Gasteiger partial charge in [-0.05, 0) is 31.1 Å². The van der Waals surface area contributed by atoms with E-state index in [1.54, 1.807) is 0 Å². The molecule has 2 aromatic carbocycles. The van der Waals surface area contributed by atoms with Gasteiger partial charge in [0.1, 0.15) is 0 Å². The molecular weight excluding hydrogens is 531 g/mol. The zero-order chi connectivity index (χ0) is 19.2. The van der Waals surface area contributed by atoms with Crippen LogP contribution >= 0.6 is 0 Å². The smallest absolute Gasteiger partial charge is 0.0418 e. The molecule has 162 valence electrons. The Morgan fingerprint density at radius 1 is 0.967 bits per heavy atom. The summed E-state index contributed by atoms with van der Waals surface area (Å²) in [5, 5.41) is 5.17. The second kappa shape index (κ2) is 13.7. The zero-order valence-corrected chi connectivity index (χ0v) is 23.1. The summed E-state index contributed by atoms with van der Waals surface area (Å²) in [6.45, 7) is 9.65. The Balaban J connectivity index is 0.00000280. The molecule has 0 spiro atoms. The minimum atomic E-state index is 0. The summed E-state index contributed by atoms with van der Waals surface area (Å²) in [5.41, 5.74) is 7.11. The number of aliphatic imine (C=N–C) groups is 1. The molecule has 1 aliphatic carbocycles. The number of nitrogens with zero attached hydrogens (tertiary/aromatic N) is 2. The molecule has 0 fully saturated rings. The third-order valence-corrected chi connectivity index (χ3v) is 5.04. The first-order valence-electron chi connectivity index (χ1n) is 10.1. The number of allylic oxidation sites excluding steroid dienone is 2. The average Bonchev–Trinajstić information content (AvgIpc) is 2.68. The summed E-state index contributed by atoms with van der Waals surface area (Å²) in [5.74, 6) is 0.900. The van der Waals surface area contributed by atoms with Crippen molar-refractivity contribution in [2.75, 3.05) is 0 Å². The Labute approximate surface area is 204 Å². The van der Waals surface area contributed by atoms with Crippen LogP contribution < -0.4 is 0 Å². The summed E-state index contributed by atoms with van der Waals surface area (Å²) in [6, 6.07) is 17.9. The SMILES string of the molecule is CC(C)c1cccc(C(C)C)c1[N-]C1=CCCCC1=NCc1[c-]cccc1.[CH3-].[CH3-].[Hf]. The van der Waals surface area contributed by atoms with E-state index < -0.39 is 0 Å². The molecule has 0 saturated heterocycles. The van der Waals surface area contributed by atoms with Crippen molar-refractivity contribution in [2.24, 2.45) is 4.99 Å². The van der Waals surface area contributed by atoms with Gasteiger partial charge in [-0.25, -0.2) is 0 Å². The molecule has 0 amide bonds. The van der Waals surface area contributed by atoms with Crippen molar-refractivity contribution in [2.45, 2.75) is 65.3 Å². The summed E-state index contributed by atoms with van der Waals surface area (Å²) in [4.78, 5) is 4.90. The summed E-state index contributed by atoms with van der Waals surface area (Å²) in [6.07, 6.45) is 5.50. The van der Waals surface area contributed by atoms with Crippen LogP contribution in [-0.2, 0) is 32.4 Å². The van der Waals surface area contributed by atoms with Crippen LogP contribution in [0.15, 0.2) is 59.2 Å². The van der Waals surface area contributed by atoms with Crippen LogP contribution in [0.2, 0.25) is 0 Å². The van der Waals surface area contributed by atoms with E-state index in [0.717, 1.165) is 41.9 Å². The van der Waals surface area contributed by atoms with Crippen LogP contribution in [0.3, 0.4) is 0 Å². The van der Waals surface area contributed by atoms with E-state index in [2.05, 4.69) is 64.1 Å². The molecular formula is C27H36HfN2-4. The van der Waals surface area contributed by atoms with Gasteiger partial charge in [-0.3, -0.25) is 4.99 Å². The molecule has 0 aromatic heterocycles. The van der Waals surface area contributed by atoms with Gasteiger partial charge >= 0.3 is 0 Å². The van der Waals surface area contributed by atoms with Gasteiger partial charge in [0.25, 0.3) is 0 Å². The van der Waals surface area contributed by atoms with Crippen molar-refractivity contribution in [3.05, 3.63) is 97.2 Å². The first-order valence-corrected chi connectivity index (χ1v) is 10.1. The topological polar surface area (TPSA) is 26.5 Å². The van der Waals surface area contributed by atoms with E-state index in [1.807, 2.05) is 18.2 Å². The molecule has 0 radical (unpaired) electrons. The van der Waals surface area contributed by atoms with Crippen molar-refractivity contribution in [1.29, 1.82) is 0 Å². The maximum atomic E-state index is 5.17. The average molecular weight is 567 g/mol. The number of rotatable bonds is 6. The number of para-hydroxylation sites is 1. The van der Waals surface area contributed by atoms with Crippen LogP contribution in [0, 0.1) is 20.9 Å². The zero-order valence-electron chi connectivity index (χ0n) is 19.5. The van der Waals surface area contributed by atoms with Gasteiger partial charge in [0.2, 0.25) is 0 Å². The third kappa shape index (κ3) is 7.34. The van der Waals surface area contributed by atoms with Crippen LogP contribution in [0.25, 0.3) is 5.32 Å². The molecule has 0 bridgehead atoms. The second-order valence-electron chi connectivity index (χ2n) is 7.84. The summed E-state index contributed by atoms with van der Waals surface area (Å²) >= 11 is 0. The second-order valence-corrected chi connectivity index (χ2v) is 7.84. The summed E-state index contributed by atoms with van der Waals surface area (Å²) in [7, 11) is 0. The Morgan fingerprint density at radius 3 is 2.20 bits per heavy atom. The minimum Gasteiger partial charge on any atom is -0.656 e. The van der Waals surface area contributed by atoms with E-state index in [0.29, 0.717) is 18.4 Å². The van der Waals surface area contributed by atoms with Gasteiger partial charge in [-0.15, -0.1) is 16.9 Å².